The fraction of sp³-hybridized carbons (Fsp3) is 0.0500. The van der Waals surface area contributed by atoms with Crippen molar-refractivity contribution in [3.05, 3.63) is 70.5 Å². The van der Waals surface area contributed by atoms with Gasteiger partial charge in [0, 0.05) is 21.2 Å². The Morgan fingerprint density at radius 2 is 1.78 bits per heavy atom. The van der Waals surface area contributed by atoms with Gasteiger partial charge in [0.1, 0.15) is 17.3 Å². The van der Waals surface area contributed by atoms with Crippen molar-refractivity contribution in [2.24, 2.45) is 10.9 Å². The number of benzene rings is 3. The molecule has 0 aliphatic rings. The predicted octanol–water partition coefficient (Wildman–Crippen LogP) is 4.73. The van der Waals surface area contributed by atoms with Crippen molar-refractivity contribution < 1.29 is 19.4 Å². The molecule has 138 valence electrons. The van der Waals surface area contributed by atoms with E-state index >= 15 is 0 Å². The molecule has 0 radical (unpaired) electrons. The molecule has 0 heterocycles. The van der Waals surface area contributed by atoms with Crippen LogP contribution in [-0.4, -0.2) is 23.3 Å². The van der Waals surface area contributed by atoms with Crippen molar-refractivity contribution in [3.63, 3.8) is 0 Å². The number of oxime groups is 1. The number of nitrogens with zero attached hydrogens (tertiary/aromatic N) is 1. The monoisotopic (exact) mass is 430 g/mol. The molecule has 27 heavy (non-hydrogen) atoms. The molecule has 0 aliphatic carbocycles. The van der Waals surface area contributed by atoms with Crippen molar-refractivity contribution in [1.29, 1.82) is 0 Å². The first-order chi connectivity index (χ1) is 12.9. The van der Waals surface area contributed by atoms with Gasteiger partial charge < -0.3 is 20.8 Å². The smallest absolute Gasteiger partial charge is 0.170 e. The molecule has 0 spiro atoms. The minimum atomic E-state index is -0.448. The van der Waals surface area contributed by atoms with Crippen LogP contribution in [0, 0.1) is 5.82 Å². The van der Waals surface area contributed by atoms with Gasteiger partial charge in [-0.05, 0) is 53.6 Å². The first-order valence-electron chi connectivity index (χ1n) is 7.89. The van der Waals surface area contributed by atoms with Gasteiger partial charge >= 0.3 is 0 Å². The minimum absolute atomic E-state index is 0.121. The maximum absolute atomic E-state index is 14.0. The summed E-state index contributed by atoms with van der Waals surface area (Å²) in [6.45, 7) is 0. The average molecular weight is 431 g/mol. The molecule has 3 aromatic rings. The number of hydrogen-bond acceptors (Lipinski definition) is 4. The lowest BCUT2D eigenvalue weighted by molar-refractivity contribution is 0.318. The standard InChI is InChI=1S/C20H16BrFN2O3/c1-27-18-7-4-13(22)10-16(18)19-15(11-2-5-14(25)6-3-11)8-12(21)9-17(19)20(23)24-26/h2-10,25-26H,1H3,(H2,23,24). The Morgan fingerprint density at radius 3 is 2.41 bits per heavy atom. The summed E-state index contributed by atoms with van der Waals surface area (Å²) in [5.41, 5.74) is 8.74. The van der Waals surface area contributed by atoms with Gasteiger partial charge in [0.25, 0.3) is 0 Å². The van der Waals surface area contributed by atoms with E-state index in [1.54, 1.807) is 30.3 Å². The Hall–Kier alpha value is -3.06. The number of aromatic hydroxyl groups is 1. The van der Waals surface area contributed by atoms with Gasteiger partial charge in [-0.1, -0.05) is 33.2 Å². The molecule has 7 heteroatoms. The summed E-state index contributed by atoms with van der Waals surface area (Å²) in [5.74, 6) is -0.0190. The van der Waals surface area contributed by atoms with Crippen LogP contribution >= 0.6 is 15.9 Å². The lowest BCUT2D eigenvalue weighted by Gasteiger charge is -2.18. The molecule has 0 amide bonds. The molecule has 0 saturated heterocycles. The van der Waals surface area contributed by atoms with Crippen LogP contribution in [0.25, 0.3) is 22.3 Å². The highest BCUT2D eigenvalue weighted by Crippen LogP contribution is 2.42. The van der Waals surface area contributed by atoms with Crippen LogP contribution in [0.3, 0.4) is 0 Å². The maximum Gasteiger partial charge on any atom is 0.170 e. The van der Waals surface area contributed by atoms with Crippen molar-refractivity contribution in [2.75, 3.05) is 7.11 Å². The van der Waals surface area contributed by atoms with Crippen molar-refractivity contribution >= 4 is 21.8 Å². The highest BCUT2D eigenvalue weighted by Gasteiger charge is 2.20. The predicted molar refractivity (Wildman–Crippen MR) is 106 cm³/mol. The number of halogens is 2. The Balaban J connectivity index is 2.43. The van der Waals surface area contributed by atoms with E-state index in [1.165, 1.54) is 25.3 Å². The number of amidine groups is 1. The van der Waals surface area contributed by atoms with Crippen LogP contribution in [-0.2, 0) is 0 Å². The van der Waals surface area contributed by atoms with Crippen molar-refractivity contribution in [2.45, 2.75) is 0 Å². The van der Waals surface area contributed by atoms with Gasteiger partial charge in [0.05, 0.1) is 7.11 Å². The molecular formula is C20H16BrFN2O3. The van der Waals surface area contributed by atoms with E-state index in [0.29, 0.717) is 32.5 Å². The Labute approximate surface area is 163 Å². The third-order valence-electron chi connectivity index (χ3n) is 4.10. The molecule has 0 bridgehead atoms. The quantitative estimate of drug-likeness (QED) is 0.241. The number of nitrogens with two attached hydrogens (primary N) is 1. The fourth-order valence-electron chi connectivity index (χ4n) is 2.90. The normalized spacial score (nSPS) is 11.4. The molecule has 0 aliphatic heterocycles. The summed E-state index contributed by atoms with van der Waals surface area (Å²) in [7, 11) is 1.49. The third kappa shape index (κ3) is 3.73. The van der Waals surface area contributed by atoms with Crippen LogP contribution < -0.4 is 10.5 Å². The zero-order valence-electron chi connectivity index (χ0n) is 14.3. The van der Waals surface area contributed by atoms with E-state index in [-0.39, 0.29) is 11.6 Å². The minimum Gasteiger partial charge on any atom is -0.508 e. The van der Waals surface area contributed by atoms with E-state index in [0.717, 1.165) is 5.56 Å². The molecule has 0 atom stereocenters. The Kier molecular flexibility index (Phi) is 5.32. The Bertz CT molecular complexity index is 1020. The number of phenolic OH excluding ortho intramolecular Hbond substituents is 1. The van der Waals surface area contributed by atoms with Crippen LogP contribution in [0.1, 0.15) is 5.56 Å². The largest absolute Gasteiger partial charge is 0.508 e. The second kappa shape index (κ2) is 7.67. The van der Waals surface area contributed by atoms with Crippen LogP contribution in [0.5, 0.6) is 11.5 Å². The zero-order chi connectivity index (χ0) is 19.6. The summed E-state index contributed by atoms with van der Waals surface area (Å²) in [4.78, 5) is 0. The summed E-state index contributed by atoms with van der Waals surface area (Å²) in [5, 5.41) is 21.9. The molecule has 3 rings (SSSR count). The van der Waals surface area contributed by atoms with E-state index in [2.05, 4.69) is 21.1 Å². The first kappa shape index (κ1) is 18.7. The molecule has 5 nitrogen and oxygen atoms in total. The lowest BCUT2D eigenvalue weighted by atomic mass is 9.89. The van der Waals surface area contributed by atoms with Gasteiger partial charge in [-0.25, -0.2) is 4.39 Å². The second-order valence-electron chi connectivity index (χ2n) is 5.75. The first-order valence-corrected chi connectivity index (χ1v) is 8.68. The molecule has 0 aromatic heterocycles. The molecular weight excluding hydrogens is 415 g/mol. The highest BCUT2D eigenvalue weighted by atomic mass is 79.9. The van der Waals surface area contributed by atoms with Gasteiger partial charge in [-0.3, -0.25) is 0 Å². The van der Waals surface area contributed by atoms with E-state index < -0.39 is 5.82 Å². The number of methoxy groups -OCH3 is 1. The zero-order valence-corrected chi connectivity index (χ0v) is 15.9. The number of ether oxygens (including phenoxy) is 1. The second-order valence-corrected chi connectivity index (χ2v) is 6.67. The van der Waals surface area contributed by atoms with Gasteiger partial charge in [-0.2, -0.15) is 0 Å². The van der Waals surface area contributed by atoms with Crippen molar-refractivity contribution in [1.82, 2.24) is 0 Å². The lowest BCUT2D eigenvalue weighted by Crippen LogP contribution is -2.15. The van der Waals surface area contributed by atoms with E-state index in [4.69, 9.17) is 10.5 Å². The van der Waals surface area contributed by atoms with Crippen LogP contribution in [0.15, 0.2) is 64.2 Å². The van der Waals surface area contributed by atoms with E-state index in [9.17, 15) is 14.7 Å². The summed E-state index contributed by atoms with van der Waals surface area (Å²) < 4.78 is 20.1. The van der Waals surface area contributed by atoms with Gasteiger partial charge in [-0.15, -0.1) is 0 Å². The molecule has 0 fully saturated rings. The Morgan fingerprint density at radius 1 is 1.07 bits per heavy atom. The number of hydrogen-bond donors (Lipinski definition) is 3. The summed E-state index contributed by atoms with van der Waals surface area (Å²) >= 11 is 3.43. The van der Waals surface area contributed by atoms with Crippen molar-refractivity contribution in [3.8, 4) is 33.8 Å². The van der Waals surface area contributed by atoms with Crippen LogP contribution in [0.2, 0.25) is 0 Å². The summed E-state index contributed by atoms with van der Waals surface area (Å²) in [6, 6.07) is 14.2. The SMILES string of the molecule is COc1ccc(F)cc1-c1c(/C(N)=N\O)cc(Br)cc1-c1ccc(O)cc1. The van der Waals surface area contributed by atoms with E-state index in [1.807, 2.05) is 6.07 Å². The molecule has 4 N–H and O–H groups in total. The fourth-order valence-corrected chi connectivity index (χ4v) is 3.35. The van der Waals surface area contributed by atoms with Crippen LogP contribution in [0.4, 0.5) is 4.39 Å². The number of phenols is 1. The number of rotatable bonds is 4. The topological polar surface area (TPSA) is 88.1 Å². The highest BCUT2D eigenvalue weighted by molar-refractivity contribution is 9.10. The van der Waals surface area contributed by atoms with Gasteiger partial charge in [0.2, 0.25) is 0 Å². The molecule has 3 aromatic carbocycles. The third-order valence-corrected chi connectivity index (χ3v) is 4.55. The average Bonchev–Trinajstić information content (AvgIpc) is 2.67. The molecule has 0 saturated carbocycles. The summed E-state index contributed by atoms with van der Waals surface area (Å²) in [6.07, 6.45) is 0. The maximum atomic E-state index is 14.0. The van der Waals surface area contributed by atoms with Gasteiger partial charge in [0.15, 0.2) is 5.84 Å². The molecule has 0 unspecified atom stereocenters.